The molecule has 1 aromatic carbocycles. The molecule has 0 amide bonds. The molecule has 1 aliphatic rings. The lowest BCUT2D eigenvalue weighted by molar-refractivity contribution is -0.136. The number of hydrogen-bond acceptors (Lipinski definition) is 2. The van der Waals surface area contributed by atoms with Gasteiger partial charge in [0.2, 0.25) is 0 Å². The number of nitrogens with one attached hydrogen (secondary N) is 1. The molecule has 0 heterocycles. The average Bonchev–Trinajstić information content (AvgIpc) is 2.32. The summed E-state index contributed by atoms with van der Waals surface area (Å²) in [6, 6.07) is 10.6. The molecule has 3 heteroatoms. The van der Waals surface area contributed by atoms with Gasteiger partial charge in [0, 0.05) is 12.6 Å². The molecule has 98 valence electrons. The number of aliphatic carboxylic acids is 1. The third-order valence-electron chi connectivity index (χ3n) is 3.73. The molecule has 18 heavy (non-hydrogen) atoms. The van der Waals surface area contributed by atoms with E-state index in [1.807, 2.05) is 18.2 Å². The summed E-state index contributed by atoms with van der Waals surface area (Å²) < 4.78 is 0. The molecule has 1 atom stereocenters. The minimum absolute atomic E-state index is 0.188. The van der Waals surface area contributed by atoms with E-state index in [-0.39, 0.29) is 6.42 Å². The summed E-state index contributed by atoms with van der Waals surface area (Å²) in [6.45, 7) is 0.543. The van der Waals surface area contributed by atoms with Crippen LogP contribution in [-0.4, -0.2) is 17.6 Å². The van der Waals surface area contributed by atoms with Gasteiger partial charge in [-0.25, -0.2) is 0 Å². The molecule has 1 saturated carbocycles. The van der Waals surface area contributed by atoms with Crippen LogP contribution in [0.15, 0.2) is 30.3 Å². The van der Waals surface area contributed by atoms with Crippen molar-refractivity contribution in [2.75, 3.05) is 6.54 Å². The monoisotopic (exact) mass is 247 g/mol. The standard InChI is InChI=1S/C15H21NO2/c17-15(18)9-10-16-14(11-12-5-4-6-12)13-7-2-1-3-8-13/h1-3,7-8,12,14,16H,4-6,9-11H2,(H,17,18). The van der Waals surface area contributed by atoms with Crippen LogP contribution < -0.4 is 5.32 Å². The number of rotatable bonds is 7. The first-order valence-electron chi connectivity index (χ1n) is 6.76. The van der Waals surface area contributed by atoms with Crippen molar-refractivity contribution in [3.63, 3.8) is 0 Å². The van der Waals surface area contributed by atoms with Crippen LogP contribution in [0.25, 0.3) is 0 Å². The topological polar surface area (TPSA) is 49.3 Å². The first kappa shape index (κ1) is 13.1. The molecular weight excluding hydrogens is 226 g/mol. The highest BCUT2D eigenvalue weighted by molar-refractivity contribution is 5.66. The summed E-state index contributed by atoms with van der Waals surface area (Å²) in [7, 11) is 0. The zero-order valence-corrected chi connectivity index (χ0v) is 10.6. The molecule has 3 nitrogen and oxygen atoms in total. The molecule has 0 saturated heterocycles. The Morgan fingerprint density at radius 3 is 2.61 bits per heavy atom. The summed E-state index contributed by atoms with van der Waals surface area (Å²) in [5.74, 6) is 0.0745. The van der Waals surface area contributed by atoms with Gasteiger partial charge in [-0.05, 0) is 17.9 Å². The predicted octanol–water partition coefficient (Wildman–Crippen LogP) is 2.98. The van der Waals surface area contributed by atoms with Crippen LogP contribution in [0.5, 0.6) is 0 Å². The lowest BCUT2D eigenvalue weighted by atomic mass is 9.79. The van der Waals surface area contributed by atoms with Crippen molar-refractivity contribution >= 4 is 5.97 Å². The highest BCUT2D eigenvalue weighted by Crippen LogP contribution is 2.34. The fourth-order valence-corrected chi connectivity index (χ4v) is 2.44. The molecule has 2 N–H and O–H groups in total. The molecule has 1 fully saturated rings. The van der Waals surface area contributed by atoms with Gasteiger partial charge < -0.3 is 10.4 Å². The van der Waals surface area contributed by atoms with E-state index >= 15 is 0 Å². The second-order valence-electron chi connectivity index (χ2n) is 5.09. The van der Waals surface area contributed by atoms with Crippen LogP contribution in [0.1, 0.15) is 43.7 Å². The SMILES string of the molecule is O=C(O)CCNC(CC1CCC1)c1ccccc1. The Labute approximate surface area is 108 Å². The Bertz CT molecular complexity index is 373. The Morgan fingerprint density at radius 2 is 2.06 bits per heavy atom. The van der Waals surface area contributed by atoms with Gasteiger partial charge in [-0.2, -0.15) is 0 Å². The lowest BCUT2D eigenvalue weighted by Crippen LogP contribution is -2.27. The van der Waals surface area contributed by atoms with E-state index in [0.29, 0.717) is 12.6 Å². The molecule has 0 bridgehead atoms. The number of carboxylic acid groups (broad SMARTS) is 1. The van der Waals surface area contributed by atoms with Crippen molar-refractivity contribution in [3.05, 3.63) is 35.9 Å². The summed E-state index contributed by atoms with van der Waals surface area (Å²) in [5.41, 5.74) is 1.27. The van der Waals surface area contributed by atoms with Crippen molar-refractivity contribution in [1.82, 2.24) is 5.32 Å². The third kappa shape index (κ3) is 3.84. The van der Waals surface area contributed by atoms with E-state index in [4.69, 9.17) is 5.11 Å². The average molecular weight is 247 g/mol. The van der Waals surface area contributed by atoms with Crippen LogP contribution in [0, 0.1) is 5.92 Å². The minimum atomic E-state index is -0.738. The van der Waals surface area contributed by atoms with Crippen LogP contribution in [0.3, 0.4) is 0 Å². The van der Waals surface area contributed by atoms with Gasteiger partial charge in [0.1, 0.15) is 0 Å². The fraction of sp³-hybridized carbons (Fsp3) is 0.533. The smallest absolute Gasteiger partial charge is 0.304 e. The van der Waals surface area contributed by atoms with Crippen molar-refractivity contribution in [2.24, 2.45) is 5.92 Å². The number of hydrogen-bond donors (Lipinski definition) is 2. The van der Waals surface area contributed by atoms with Crippen molar-refractivity contribution in [2.45, 2.75) is 38.1 Å². The quantitative estimate of drug-likeness (QED) is 0.778. The van der Waals surface area contributed by atoms with Crippen LogP contribution in [-0.2, 0) is 4.79 Å². The lowest BCUT2D eigenvalue weighted by Gasteiger charge is -2.30. The predicted molar refractivity (Wildman–Crippen MR) is 71.4 cm³/mol. The van der Waals surface area contributed by atoms with E-state index in [0.717, 1.165) is 12.3 Å². The number of carbonyl (C=O) groups is 1. The Kier molecular flexibility index (Phi) is 4.76. The maximum absolute atomic E-state index is 10.6. The second kappa shape index (κ2) is 6.55. The van der Waals surface area contributed by atoms with Gasteiger partial charge >= 0.3 is 5.97 Å². The van der Waals surface area contributed by atoms with Gasteiger partial charge in [-0.15, -0.1) is 0 Å². The summed E-state index contributed by atoms with van der Waals surface area (Å²) in [4.78, 5) is 10.6. The molecular formula is C15H21NO2. The van der Waals surface area contributed by atoms with Gasteiger partial charge in [-0.3, -0.25) is 4.79 Å². The Morgan fingerprint density at radius 1 is 1.33 bits per heavy atom. The first-order valence-corrected chi connectivity index (χ1v) is 6.76. The third-order valence-corrected chi connectivity index (χ3v) is 3.73. The molecule has 1 aliphatic carbocycles. The van der Waals surface area contributed by atoms with Crippen molar-refractivity contribution in [3.8, 4) is 0 Å². The molecule has 0 aromatic heterocycles. The zero-order valence-electron chi connectivity index (χ0n) is 10.6. The van der Waals surface area contributed by atoms with Gasteiger partial charge in [-0.1, -0.05) is 49.6 Å². The highest BCUT2D eigenvalue weighted by Gasteiger charge is 2.22. The van der Waals surface area contributed by atoms with E-state index < -0.39 is 5.97 Å². The maximum Gasteiger partial charge on any atom is 0.304 e. The van der Waals surface area contributed by atoms with E-state index in [2.05, 4.69) is 17.4 Å². The highest BCUT2D eigenvalue weighted by atomic mass is 16.4. The minimum Gasteiger partial charge on any atom is -0.481 e. The maximum atomic E-state index is 10.6. The normalized spacial score (nSPS) is 17.1. The van der Waals surface area contributed by atoms with Crippen LogP contribution >= 0.6 is 0 Å². The van der Waals surface area contributed by atoms with Crippen LogP contribution in [0.2, 0.25) is 0 Å². The van der Waals surface area contributed by atoms with Gasteiger partial charge in [0.25, 0.3) is 0 Å². The molecule has 2 rings (SSSR count). The van der Waals surface area contributed by atoms with Gasteiger partial charge in [0.15, 0.2) is 0 Å². The van der Waals surface area contributed by atoms with Crippen molar-refractivity contribution in [1.29, 1.82) is 0 Å². The summed E-state index contributed by atoms with van der Waals surface area (Å²) in [5, 5.41) is 12.1. The molecule has 0 aliphatic heterocycles. The molecule has 1 aromatic rings. The number of benzene rings is 1. The van der Waals surface area contributed by atoms with Crippen molar-refractivity contribution < 1.29 is 9.90 Å². The molecule has 1 unspecified atom stereocenters. The number of carboxylic acids is 1. The van der Waals surface area contributed by atoms with E-state index in [1.165, 1.54) is 24.8 Å². The molecule has 0 radical (unpaired) electrons. The zero-order chi connectivity index (χ0) is 12.8. The largest absolute Gasteiger partial charge is 0.481 e. The van der Waals surface area contributed by atoms with E-state index in [9.17, 15) is 4.79 Å². The second-order valence-corrected chi connectivity index (χ2v) is 5.09. The Hall–Kier alpha value is -1.35. The summed E-state index contributed by atoms with van der Waals surface area (Å²) >= 11 is 0. The Balaban J connectivity index is 1.91. The van der Waals surface area contributed by atoms with E-state index in [1.54, 1.807) is 0 Å². The fourth-order valence-electron chi connectivity index (χ4n) is 2.44. The summed E-state index contributed by atoms with van der Waals surface area (Å²) in [6.07, 6.45) is 5.31. The van der Waals surface area contributed by atoms with Crippen LogP contribution in [0.4, 0.5) is 0 Å². The van der Waals surface area contributed by atoms with Gasteiger partial charge in [0.05, 0.1) is 6.42 Å². The molecule has 0 spiro atoms. The first-order chi connectivity index (χ1) is 8.75.